The number of nitrogens with zero attached hydrogens (tertiary/aromatic N) is 1. The SMILES string of the molecule is COC(=O)C1=C(C)N(C)C(=O)N[C@H]1c1ccc(F)c(F)c1. The number of urea groups is 1. The van der Waals surface area contributed by atoms with E-state index in [-0.39, 0.29) is 11.1 Å². The van der Waals surface area contributed by atoms with Crippen LogP contribution in [0.5, 0.6) is 0 Å². The number of esters is 1. The van der Waals surface area contributed by atoms with Crippen molar-refractivity contribution in [2.75, 3.05) is 14.2 Å². The van der Waals surface area contributed by atoms with Gasteiger partial charge in [0.15, 0.2) is 11.6 Å². The van der Waals surface area contributed by atoms with Crippen molar-refractivity contribution in [3.8, 4) is 0 Å². The molecule has 0 bridgehead atoms. The average molecular weight is 296 g/mol. The molecule has 21 heavy (non-hydrogen) atoms. The Bertz CT molecular complexity index is 643. The Labute approximate surface area is 120 Å². The summed E-state index contributed by atoms with van der Waals surface area (Å²) in [5, 5.41) is 2.56. The highest BCUT2D eigenvalue weighted by Crippen LogP contribution is 2.31. The van der Waals surface area contributed by atoms with Crippen molar-refractivity contribution in [1.29, 1.82) is 0 Å². The van der Waals surface area contributed by atoms with Gasteiger partial charge in [0.1, 0.15) is 0 Å². The van der Waals surface area contributed by atoms with Gasteiger partial charge in [-0.25, -0.2) is 18.4 Å². The lowest BCUT2D eigenvalue weighted by Crippen LogP contribution is -2.46. The third-order valence-electron chi connectivity index (χ3n) is 3.44. The van der Waals surface area contributed by atoms with Crippen LogP contribution in [-0.4, -0.2) is 31.1 Å². The molecule has 1 aromatic rings. The van der Waals surface area contributed by atoms with Gasteiger partial charge >= 0.3 is 12.0 Å². The highest BCUT2D eigenvalue weighted by Gasteiger charge is 2.34. The Balaban J connectivity index is 2.56. The van der Waals surface area contributed by atoms with Crippen LogP contribution in [0.15, 0.2) is 29.5 Å². The van der Waals surface area contributed by atoms with Crippen LogP contribution in [0.1, 0.15) is 18.5 Å². The van der Waals surface area contributed by atoms with Crippen LogP contribution in [0.25, 0.3) is 0 Å². The zero-order valence-corrected chi connectivity index (χ0v) is 11.7. The van der Waals surface area contributed by atoms with Crippen molar-refractivity contribution in [3.05, 3.63) is 46.7 Å². The predicted molar refractivity (Wildman–Crippen MR) is 70.1 cm³/mol. The predicted octanol–water partition coefficient (Wildman–Crippen LogP) is 2.11. The lowest BCUT2D eigenvalue weighted by atomic mass is 9.95. The van der Waals surface area contributed by atoms with Gasteiger partial charge < -0.3 is 15.0 Å². The van der Waals surface area contributed by atoms with E-state index in [4.69, 9.17) is 4.74 Å². The second kappa shape index (κ2) is 5.51. The van der Waals surface area contributed by atoms with Crippen molar-refractivity contribution < 1.29 is 23.1 Å². The lowest BCUT2D eigenvalue weighted by molar-refractivity contribution is -0.136. The number of hydrogen-bond acceptors (Lipinski definition) is 3. The van der Waals surface area contributed by atoms with Gasteiger partial charge in [0.2, 0.25) is 0 Å². The quantitative estimate of drug-likeness (QED) is 0.850. The summed E-state index contributed by atoms with van der Waals surface area (Å²) in [5.41, 5.74) is 0.820. The zero-order valence-electron chi connectivity index (χ0n) is 11.7. The van der Waals surface area contributed by atoms with Gasteiger partial charge in [0.05, 0.1) is 18.7 Å². The number of methoxy groups -OCH3 is 1. The van der Waals surface area contributed by atoms with E-state index in [1.807, 2.05) is 0 Å². The van der Waals surface area contributed by atoms with E-state index in [0.717, 1.165) is 12.1 Å². The van der Waals surface area contributed by atoms with E-state index in [0.29, 0.717) is 5.70 Å². The minimum atomic E-state index is -1.05. The average Bonchev–Trinajstić information content (AvgIpc) is 2.46. The molecule has 7 heteroatoms. The first-order valence-corrected chi connectivity index (χ1v) is 6.15. The van der Waals surface area contributed by atoms with Gasteiger partial charge in [0.25, 0.3) is 0 Å². The molecule has 1 heterocycles. The third-order valence-corrected chi connectivity index (χ3v) is 3.44. The first-order valence-electron chi connectivity index (χ1n) is 6.15. The molecule has 112 valence electrons. The molecule has 0 aliphatic carbocycles. The van der Waals surface area contributed by atoms with Gasteiger partial charge in [-0.15, -0.1) is 0 Å². The van der Waals surface area contributed by atoms with Crippen molar-refractivity contribution in [1.82, 2.24) is 10.2 Å². The van der Waals surface area contributed by atoms with Gasteiger partial charge in [0, 0.05) is 12.7 Å². The fourth-order valence-corrected chi connectivity index (χ4v) is 2.15. The lowest BCUT2D eigenvalue weighted by Gasteiger charge is -2.33. The second-order valence-electron chi connectivity index (χ2n) is 4.61. The normalized spacial score (nSPS) is 18.6. The molecule has 2 amide bonds. The number of carbonyl (C=O) groups is 2. The summed E-state index contributed by atoms with van der Waals surface area (Å²) in [6.45, 7) is 1.58. The summed E-state index contributed by atoms with van der Waals surface area (Å²) >= 11 is 0. The Hall–Kier alpha value is -2.44. The van der Waals surface area contributed by atoms with Crippen LogP contribution in [0.4, 0.5) is 13.6 Å². The minimum absolute atomic E-state index is 0.172. The minimum Gasteiger partial charge on any atom is -0.466 e. The summed E-state index contributed by atoms with van der Waals surface area (Å²) in [7, 11) is 2.70. The van der Waals surface area contributed by atoms with Crippen LogP contribution in [-0.2, 0) is 9.53 Å². The summed E-state index contributed by atoms with van der Waals surface area (Å²) in [4.78, 5) is 25.0. The first-order chi connectivity index (χ1) is 9.86. The molecule has 0 aromatic heterocycles. The third kappa shape index (κ3) is 2.58. The molecule has 1 N–H and O–H groups in total. The number of carbonyl (C=O) groups excluding carboxylic acids is 2. The van der Waals surface area contributed by atoms with Crippen LogP contribution in [0.2, 0.25) is 0 Å². The zero-order chi connectivity index (χ0) is 15.7. The van der Waals surface area contributed by atoms with E-state index in [2.05, 4.69) is 5.32 Å². The van der Waals surface area contributed by atoms with E-state index >= 15 is 0 Å². The summed E-state index contributed by atoms with van der Waals surface area (Å²) in [5.74, 6) is -2.70. The highest BCUT2D eigenvalue weighted by atomic mass is 19.2. The number of amides is 2. The van der Waals surface area contributed by atoms with Crippen molar-refractivity contribution in [2.24, 2.45) is 0 Å². The number of halogens is 2. The van der Waals surface area contributed by atoms with Crippen LogP contribution >= 0.6 is 0 Å². The summed E-state index contributed by atoms with van der Waals surface area (Å²) < 4.78 is 31.1. The van der Waals surface area contributed by atoms with Gasteiger partial charge in [-0.2, -0.15) is 0 Å². The van der Waals surface area contributed by atoms with E-state index in [1.165, 1.54) is 25.1 Å². The van der Waals surface area contributed by atoms with Crippen LogP contribution < -0.4 is 5.32 Å². The smallest absolute Gasteiger partial charge is 0.337 e. The van der Waals surface area contributed by atoms with Crippen molar-refractivity contribution in [3.63, 3.8) is 0 Å². The van der Waals surface area contributed by atoms with Gasteiger partial charge in [-0.05, 0) is 24.6 Å². The highest BCUT2D eigenvalue weighted by molar-refractivity contribution is 5.94. The molecule has 1 aliphatic heterocycles. The second-order valence-corrected chi connectivity index (χ2v) is 4.61. The molecule has 2 rings (SSSR count). The van der Waals surface area contributed by atoms with Crippen molar-refractivity contribution in [2.45, 2.75) is 13.0 Å². The summed E-state index contributed by atoms with van der Waals surface area (Å²) in [6.07, 6.45) is 0. The van der Waals surface area contributed by atoms with Gasteiger partial charge in [-0.3, -0.25) is 0 Å². The standard InChI is InChI=1S/C14H14F2N2O3/c1-7-11(13(19)21-3)12(17-14(20)18(7)2)8-4-5-9(15)10(16)6-8/h4-6,12H,1-3H3,(H,17,20)/t12-/m0/s1. The summed E-state index contributed by atoms with van der Waals surface area (Å²) in [6, 6.07) is 1.86. The monoisotopic (exact) mass is 296 g/mol. The molecule has 0 saturated heterocycles. The van der Waals surface area contributed by atoms with E-state index in [1.54, 1.807) is 6.92 Å². The van der Waals surface area contributed by atoms with E-state index < -0.39 is 29.7 Å². The molecule has 0 saturated carbocycles. The molecular weight excluding hydrogens is 282 g/mol. The van der Waals surface area contributed by atoms with Crippen LogP contribution in [0.3, 0.4) is 0 Å². The molecule has 0 spiro atoms. The molecule has 1 atom stereocenters. The fourth-order valence-electron chi connectivity index (χ4n) is 2.15. The van der Waals surface area contributed by atoms with Gasteiger partial charge in [-0.1, -0.05) is 6.07 Å². The Kier molecular flexibility index (Phi) is 3.93. The molecular formula is C14H14F2N2O3. The fraction of sp³-hybridized carbons (Fsp3) is 0.286. The maximum Gasteiger partial charge on any atom is 0.337 e. The Morgan fingerprint density at radius 3 is 2.57 bits per heavy atom. The Morgan fingerprint density at radius 2 is 2.00 bits per heavy atom. The van der Waals surface area contributed by atoms with Crippen LogP contribution in [0, 0.1) is 11.6 Å². The number of nitrogens with one attached hydrogen (secondary N) is 1. The van der Waals surface area contributed by atoms with Crippen molar-refractivity contribution >= 4 is 12.0 Å². The Morgan fingerprint density at radius 1 is 1.33 bits per heavy atom. The number of hydrogen-bond donors (Lipinski definition) is 1. The number of benzene rings is 1. The molecule has 0 fully saturated rings. The molecule has 0 radical (unpaired) electrons. The topological polar surface area (TPSA) is 58.6 Å². The molecule has 1 aromatic carbocycles. The first kappa shape index (κ1) is 15.0. The number of allylic oxidation sites excluding steroid dienone is 1. The largest absolute Gasteiger partial charge is 0.466 e. The molecule has 0 unspecified atom stereocenters. The van der Waals surface area contributed by atoms with E-state index in [9.17, 15) is 18.4 Å². The maximum absolute atomic E-state index is 13.4. The molecule has 5 nitrogen and oxygen atoms in total. The molecule has 1 aliphatic rings. The number of rotatable bonds is 2. The number of ether oxygens (including phenoxy) is 1. The maximum atomic E-state index is 13.4.